The number of phenolic OH excluding ortho intramolecular Hbond substituents is 1. The van der Waals surface area contributed by atoms with Crippen molar-refractivity contribution in [1.82, 2.24) is 0 Å². The highest BCUT2D eigenvalue weighted by Crippen LogP contribution is 2.34. The SMILES string of the molecule is [B]c1c(NC)c(C)c2oc(CC)c(C(=O)c3cc(C)c(O)c(Br)c3)c2c1[B]. The number of halogens is 1. The fraction of sp³-hybridized carbons (Fsp3) is 0.250. The van der Waals surface area contributed by atoms with E-state index in [9.17, 15) is 9.90 Å². The van der Waals surface area contributed by atoms with Crippen LogP contribution in [0.15, 0.2) is 21.0 Å². The van der Waals surface area contributed by atoms with E-state index in [0.29, 0.717) is 60.9 Å². The molecular formula is C20H18B2BrNO3. The highest BCUT2D eigenvalue weighted by molar-refractivity contribution is 9.10. The standard InChI is InChI=1S/C20H18B2BrNO3/c1-5-12-13(19(26)10-6-8(2)18(25)11(23)7-10)14-15(21)16(22)17(24-4)9(3)20(14)27-12/h6-7,24-25H,5H2,1-4H3. The highest BCUT2D eigenvalue weighted by atomic mass is 79.9. The molecule has 0 saturated heterocycles. The smallest absolute Gasteiger partial charge is 0.197 e. The van der Waals surface area contributed by atoms with Gasteiger partial charge in [0.2, 0.25) is 0 Å². The Hall–Kier alpha value is -2.14. The number of phenols is 1. The summed E-state index contributed by atoms with van der Waals surface area (Å²) in [6.45, 7) is 5.53. The molecule has 0 aliphatic rings. The number of nitrogens with one attached hydrogen (secondary N) is 1. The minimum absolute atomic E-state index is 0.109. The summed E-state index contributed by atoms with van der Waals surface area (Å²) >= 11 is 3.29. The van der Waals surface area contributed by atoms with E-state index in [-0.39, 0.29) is 11.5 Å². The van der Waals surface area contributed by atoms with Gasteiger partial charge in [-0.15, -0.1) is 0 Å². The maximum atomic E-state index is 13.4. The van der Waals surface area contributed by atoms with E-state index in [1.54, 1.807) is 26.1 Å². The van der Waals surface area contributed by atoms with E-state index < -0.39 is 0 Å². The van der Waals surface area contributed by atoms with Gasteiger partial charge in [0.1, 0.15) is 32.8 Å². The van der Waals surface area contributed by atoms with Crippen molar-refractivity contribution in [3.05, 3.63) is 44.6 Å². The molecule has 0 bridgehead atoms. The van der Waals surface area contributed by atoms with E-state index in [0.717, 1.165) is 5.56 Å². The molecule has 27 heavy (non-hydrogen) atoms. The second kappa shape index (κ2) is 7.12. The summed E-state index contributed by atoms with van der Waals surface area (Å²) in [5.74, 6) is 0.439. The van der Waals surface area contributed by atoms with Crippen LogP contribution in [0.2, 0.25) is 0 Å². The minimum Gasteiger partial charge on any atom is -0.506 e. The summed E-state index contributed by atoms with van der Waals surface area (Å²) in [4.78, 5) is 13.4. The van der Waals surface area contributed by atoms with Crippen LogP contribution < -0.4 is 16.2 Å². The number of fused-ring (bicyclic) bond motifs is 1. The molecule has 3 aromatic rings. The lowest BCUT2D eigenvalue weighted by molar-refractivity contribution is 0.103. The number of carbonyl (C=O) groups is 1. The second-order valence-corrected chi connectivity index (χ2v) is 7.34. The molecule has 1 aromatic heterocycles. The fourth-order valence-corrected chi connectivity index (χ4v) is 3.97. The Morgan fingerprint density at radius 3 is 2.48 bits per heavy atom. The van der Waals surface area contributed by atoms with E-state index in [2.05, 4.69) is 21.2 Å². The molecule has 0 fully saturated rings. The van der Waals surface area contributed by atoms with Crippen molar-refractivity contribution in [2.75, 3.05) is 12.4 Å². The van der Waals surface area contributed by atoms with Gasteiger partial charge in [0.05, 0.1) is 10.0 Å². The first-order chi connectivity index (χ1) is 12.7. The third-order valence-corrected chi connectivity index (χ3v) is 5.44. The quantitative estimate of drug-likeness (QED) is 0.502. The summed E-state index contributed by atoms with van der Waals surface area (Å²) in [6.07, 6.45) is 0.529. The van der Waals surface area contributed by atoms with Crippen molar-refractivity contribution in [1.29, 1.82) is 0 Å². The van der Waals surface area contributed by atoms with Crippen LogP contribution in [0.5, 0.6) is 5.75 Å². The van der Waals surface area contributed by atoms with Gasteiger partial charge >= 0.3 is 0 Å². The number of hydrogen-bond acceptors (Lipinski definition) is 4. The molecule has 0 spiro atoms. The summed E-state index contributed by atoms with van der Waals surface area (Å²) in [5.41, 5.74) is 4.21. The molecule has 0 aliphatic carbocycles. The zero-order valence-electron chi connectivity index (χ0n) is 15.7. The molecule has 4 nitrogen and oxygen atoms in total. The Balaban J connectivity index is 2.36. The summed E-state index contributed by atoms with van der Waals surface area (Å²) in [6, 6.07) is 3.24. The van der Waals surface area contributed by atoms with Gasteiger partial charge in [0.15, 0.2) is 5.78 Å². The van der Waals surface area contributed by atoms with Crippen molar-refractivity contribution in [3.63, 3.8) is 0 Å². The van der Waals surface area contributed by atoms with Gasteiger partial charge in [-0.1, -0.05) is 17.8 Å². The predicted octanol–water partition coefficient (Wildman–Crippen LogP) is 2.94. The number of furan rings is 1. The Kier molecular flexibility index (Phi) is 5.17. The third-order valence-electron chi connectivity index (χ3n) is 4.84. The number of rotatable bonds is 4. The highest BCUT2D eigenvalue weighted by Gasteiger charge is 2.26. The zero-order valence-corrected chi connectivity index (χ0v) is 17.2. The number of anilines is 1. The van der Waals surface area contributed by atoms with Gasteiger partial charge in [-0.2, -0.15) is 0 Å². The molecule has 0 amide bonds. The Morgan fingerprint density at radius 1 is 1.26 bits per heavy atom. The molecule has 134 valence electrons. The lowest BCUT2D eigenvalue weighted by atomic mass is 9.75. The number of aryl methyl sites for hydroxylation is 3. The largest absolute Gasteiger partial charge is 0.506 e. The first kappa shape index (κ1) is 19.6. The maximum Gasteiger partial charge on any atom is 0.197 e. The summed E-state index contributed by atoms with van der Waals surface area (Å²) < 4.78 is 6.48. The first-order valence-corrected chi connectivity index (χ1v) is 9.36. The third kappa shape index (κ3) is 2.98. The maximum absolute atomic E-state index is 13.4. The van der Waals surface area contributed by atoms with Crippen molar-refractivity contribution in [2.45, 2.75) is 27.2 Å². The van der Waals surface area contributed by atoms with Crippen LogP contribution in [-0.4, -0.2) is 33.6 Å². The van der Waals surface area contributed by atoms with Crippen LogP contribution in [0.25, 0.3) is 11.0 Å². The van der Waals surface area contributed by atoms with Crippen LogP contribution in [0, 0.1) is 13.8 Å². The minimum atomic E-state index is -0.225. The van der Waals surface area contributed by atoms with E-state index >= 15 is 0 Å². The van der Waals surface area contributed by atoms with Gasteiger partial charge in [-0.05, 0) is 47.5 Å². The summed E-state index contributed by atoms with van der Waals surface area (Å²) in [5, 5.41) is 13.5. The normalized spacial score (nSPS) is 11.1. The van der Waals surface area contributed by atoms with E-state index in [1.165, 1.54) is 0 Å². The zero-order chi connectivity index (χ0) is 20.0. The Labute approximate surface area is 169 Å². The van der Waals surface area contributed by atoms with Gasteiger partial charge in [0.25, 0.3) is 0 Å². The predicted molar refractivity (Wildman–Crippen MR) is 115 cm³/mol. The number of hydrogen-bond donors (Lipinski definition) is 2. The molecule has 0 atom stereocenters. The van der Waals surface area contributed by atoms with Crippen molar-refractivity contribution >= 4 is 65.0 Å². The van der Waals surface area contributed by atoms with E-state index in [1.807, 2.05) is 13.8 Å². The van der Waals surface area contributed by atoms with Gasteiger partial charge in [-0.25, -0.2) is 0 Å². The van der Waals surface area contributed by atoms with Gasteiger partial charge in [-0.3, -0.25) is 4.79 Å². The van der Waals surface area contributed by atoms with E-state index in [4.69, 9.17) is 20.1 Å². The van der Waals surface area contributed by atoms with Crippen molar-refractivity contribution in [3.8, 4) is 5.75 Å². The average molecular weight is 422 g/mol. The second-order valence-electron chi connectivity index (χ2n) is 6.49. The molecule has 0 saturated carbocycles. The fourth-order valence-electron chi connectivity index (χ4n) is 3.41. The number of benzene rings is 2. The van der Waals surface area contributed by atoms with Crippen LogP contribution in [0.4, 0.5) is 5.69 Å². The number of carbonyl (C=O) groups excluding carboxylic acids is 1. The molecule has 1 heterocycles. The first-order valence-electron chi connectivity index (χ1n) is 8.57. The Bertz CT molecular complexity index is 1070. The van der Waals surface area contributed by atoms with Gasteiger partial charge < -0.3 is 14.8 Å². The molecule has 3 rings (SSSR count). The molecule has 7 heteroatoms. The summed E-state index contributed by atoms with van der Waals surface area (Å²) in [7, 11) is 14.3. The molecule has 0 unspecified atom stereocenters. The molecule has 4 radical (unpaired) electrons. The monoisotopic (exact) mass is 421 g/mol. The van der Waals surface area contributed by atoms with Crippen molar-refractivity contribution in [2.24, 2.45) is 0 Å². The Morgan fingerprint density at radius 2 is 1.93 bits per heavy atom. The number of ketones is 1. The lowest BCUT2D eigenvalue weighted by Gasteiger charge is -2.15. The van der Waals surface area contributed by atoms with Crippen LogP contribution >= 0.6 is 15.9 Å². The van der Waals surface area contributed by atoms with Gasteiger partial charge in [0, 0.05) is 35.7 Å². The lowest BCUT2D eigenvalue weighted by Crippen LogP contribution is -2.30. The average Bonchev–Trinajstić information content (AvgIpc) is 3.03. The number of aromatic hydroxyl groups is 1. The molecular weight excluding hydrogens is 404 g/mol. The molecule has 0 aliphatic heterocycles. The van der Waals surface area contributed by atoms with Crippen molar-refractivity contribution < 1.29 is 14.3 Å². The molecule has 2 aromatic carbocycles. The van der Waals surface area contributed by atoms with Crippen LogP contribution in [0.3, 0.4) is 0 Å². The molecule has 2 N–H and O–H groups in total. The van der Waals surface area contributed by atoms with Crippen LogP contribution in [-0.2, 0) is 6.42 Å². The topological polar surface area (TPSA) is 62.5 Å². The van der Waals surface area contributed by atoms with Crippen LogP contribution in [0.1, 0.15) is 39.7 Å².